The maximum Gasteiger partial charge on any atom is 0.233 e. The van der Waals surface area contributed by atoms with E-state index < -0.39 is 5.41 Å². The lowest BCUT2D eigenvalue weighted by Gasteiger charge is -2.25. The molecule has 0 saturated carbocycles. The molecule has 19 heavy (non-hydrogen) atoms. The van der Waals surface area contributed by atoms with Crippen LogP contribution in [0.4, 0.5) is 0 Å². The van der Waals surface area contributed by atoms with Gasteiger partial charge in [-0.1, -0.05) is 41.5 Å². The molecule has 1 saturated heterocycles. The standard InChI is InChI=1S/C15H25NO3/c1-14(2,3)10-9-12(18)16(13(10)19)8-7-11(17)15(4,5)6/h10H,7-9H2,1-6H3. The minimum Gasteiger partial charge on any atom is -0.299 e. The Kier molecular flexibility index (Phi) is 4.23. The van der Waals surface area contributed by atoms with Gasteiger partial charge in [0.15, 0.2) is 0 Å². The van der Waals surface area contributed by atoms with Gasteiger partial charge in [-0.3, -0.25) is 19.3 Å². The monoisotopic (exact) mass is 267 g/mol. The van der Waals surface area contributed by atoms with Gasteiger partial charge in [0.1, 0.15) is 5.78 Å². The third-order valence-corrected chi connectivity index (χ3v) is 3.69. The predicted octanol–water partition coefficient (Wildman–Crippen LogP) is 2.41. The molecule has 1 heterocycles. The topological polar surface area (TPSA) is 54.5 Å². The number of Topliss-reactive ketones (excluding diaryl/α,β-unsaturated/α-hetero) is 1. The molecule has 0 N–H and O–H groups in total. The highest BCUT2D eigenvalue weighted by Crippen LogP contribution is 2.35. The smallest absolute Gasteiger partial charge is 0.233 e. The molecule has 4 nitrogen and oxygen atoms in total. The van der Waals surface area contributed by atoms with Gasteiger partial charge in [0.05, 0.1) is 5.92 Å². The molecule has 0 radical (unpaired) electrons. The van der Waals surface area contributed by atoms with Crippen molar-refractivity contribution < 1.29 is 14.4 Å². The second kappa shape index (κ2) is 5.06. The molecule has 2 amide bonds. The normalized spacial score (nSPS) is 21.2. The minimum absolute atomic E-state index is 0.0762. The zero-order valence-corrected chi connectivity index (χ0v) is 12.9. The number of carbonyl (C=O) groups excluding carboxylic acids is 3. The van der Waals surface area contributed by atoms with Crippen molar-refractivity contribution >= 4 is 17.6 Å². The van der Waals surface area contributed by atoms with Gasteiger partial charge in [-0.15, -0.1) is 0 Å². The van der Waals surface area contributed by atoms with E-state index in [0.717, 1.165) is 0 Å². The fourth-order valence-corrected chi connectivity index (χ4v) is 2.18. The number of imide groups is 1. The van der Waals surface area contributed by atoms with Crippen LogP contribution in [0.5, 0.6) is 0 Å². The molecule has 0 spiro atoms. The first-order valence-corrected chi connectivity index (χ1v) is 6.82. The molecule has 1 aliphatic heterocycles. The summed E-state index contributed by atoms with van der Waals surface area (Å²) in [5.41, 5.74) is -0.634. The van der Waals surface area contributed by atoms with Gasteiger partial charge >= 0.3 is 0 Å². The van der Waals surface area contributed by atoms with Gasteiger partial charge < -0.3 is 0 Å². The highest BCUT2D eigenvalue weighted by molar-refractivity contribution is 6.04. The molecule has 1 atom stereocenters. The lowest BCUT2D eigenvalue weighted by Crippen LogP contribution is -2.36. The Labute approximate surface area is 115 Å². The molecule has 0 aliphatic carbocycles. The summed E-state index contributed by atoms with van der Waals surface area (Å²) in [5.74, 6) is -0.456. The summed E-state index contributed by atoms with van der Waals surface area (Å²) in [6.07, 6.45) is 0.518. The van der Waals surface area contributed by atoms with E-state index in [1.807, 2.05) is 41.5 Å². The van der Waals surface area contributed by atoms with E-state index in [0.29, 0.717) is 0 Å². The van der Waals surface area contributed by atoms with Crippen molar-refractivity contribution in [2.45, 2.75) is 54.4 Å². The molecule has 1 aliphatic rings. The van der Waals surface area contributed by atoms with Crippen molar-refractivity contribution in [1.29, 1.82) is 0 Å². The van der Waals surface area contributed by atoms with Crippen LogP contribution in [0.1, 0.15) is 54.4 Å². The molecule has 0 aromatic carbocycles. The van der Waals surface area contributed by atoms with Crippen molar-refractivity contribution in [2.75, 3.05) is 6.54 Å². The molecule has 0 aromatic rings. The largest absolute Gasteiger partial charge is 0.299 e. The molecule has 1 fully saturated rings. The van der Waals surface area contributed by atoms with Crippen molar-refractivity contribution in [3.05, 3.63) is 0 Å². The van der Waals surface area contributed by atoms with Crippen LogP contribution in [0, 0.1) is 16.7 Å². The summed E-state index contributed by atoms with van der Waals surface area (Å²) in [5, 5.41) is 0. The summed E-state index contributed by atoms with van der Waals surface area (Å²) >= 11 is 0. The predicted molar refractivity (Wildman–Crippen MR) is 73.4 cm³/mol. The Morgan fingerprint density at radius 2 is 1.68 bits per heavy atom. The highest BCUT2D eigenvalue weighted by Gasteiger charge is 2.44. The van der Waals surface area contributed by atoms with Gasteiger partial charge in [0.2, 0.25) is 11.8 Å². The van der Waals surface area contributed by atoms with Crippen LogP contribution < -0.4 is 0 Å². The Morgan fingerprint density at radius 1 is 1.16 bits per heavy atom. The fourth-order valence-electron chi connectivity index (χ4n) is 2.18. The van der Waals surface area contributed by atoms with Crippen LogP contribution >= 0.6 is 0 Å². The van der Waals surface area contributed by atoms with E-state index in [-0.39, 0.29) is 48.3 Å². The van der Waals surface area contributed by atoms with Crippen LogP contribution in [-0.4, -0.2) is 29.0 Å². The molecular formula is C15H25NO3. The Balaban J connectivity index is 2.69. The van der Waals surface area contributed by atoms with Gasteiger partial charge in [-0.05, 0) is 5.41 Å². The van der Waals surface area contributed by atoms with E-state index in [4.69, 9.17) is 0 Å². The average Bonchev–Trinajstić information content (AvgIpc) is 2.49. The quantitative estimate of drug-likeness (QED) is 0.738. The second-order valence-electron chi connectivity index (χ2n) is 7.43. The third-order valence-electron chi connectivity index (χ3n) is 3.69. The zero-order chi connectivity index (χ0) is 15.0. The summed E-state index contributed by atoms with van der Waals surface area (Å²) < 4.78 is 0. The number of hydrogen-bond donors (Lipinski definition) is 0. The highest BCUT2D eigenvalue weighted by atomic mass is 16.2. The van der Waals surface area contributed by atoms with Crippen molar-refractivity contribution in [2.24, 2.45) is 16.7 Å². The first-order valence-electron chi connectivity index (χ1n) is 6.82. The Bertz CT molecular complexity index is 399. The first kappa shape index (κ1) is 15.9. The zero-order valence-electron chi connectivity index (χ0n) is 12.9. The molecule has 4 heteroatoms. The summed E-state index contributed by atoms with van der Waals surface area (Å²) in [7, 11) is 0. The van der Waals surface area contributed by atoms with Crippen LogP contribution in [0.25, 0.3) is 0 Å². The van der Waals surface area contributed by atoms with E-state index in [9.17, 15) is 14.4 Å². The van der Waals surface area contributed by atoms with Crippen molar-refractivity contribution in [3.63, 3.8) is 0 Å². The first-order chi connectivity index (χ1) is 8.44. The van der Waals surface area contributed by atoms with Crippen LogP contribution in [-0.2, 0) is 14.4 Å². The van der Waals surface area contributed by atoms with Gasteiger partial charge in [-0.2, -0.15) is 0 Å². The molecule has 1 rings (SSSR count). The number of amides is 2. The van der Waals surface area contributed by atoms with Gasteiger partial charge in [0, 0.05) is 24.8 Å². The molecule has 1 unspecified atom stereocenters. The second-order valence-corrected chi connectivity index (χ2v) is 7.43. The average molecular weight is 267 g/mol. The van der Waals surface area contributed by atoms with E-state index >= 15 is 0 Å². The molecule has 0 bridgehead atoms. The Morgan fingerprint density at radius 3 is 2.05 bits per heavy atom. The number of ketones is 1. The van der Waals surface area contributed by atoms with Crippen LogP contribution in [0.2, 0.25) is 0 Å². The van der Waals surface area contributed by atoms with E-state index in [2.05, 4.69) is 0 Å². The molecule has 108 valence electrons. The number of likely N-dealkylation sites (tertiary alicyclic amines) is 1. The summed E-state index contributed by atoms with van der Waals surface area (Å²) in [4.78, 5) is 37.2. The van der Waals surface area contributed by atoms with E-state index in [1.165, 1.54) is 4.90 Å². The number of carbonyl (C=O) groups is 3. The van der Waals surface area contributed by atoms with E-state index in [1.54, 1.807) is 0 Å². The van der Waals surface area contributed by atoms with Gasteiger partial charge in [-0.25, -0.2) is 0 Å². The lowest BCUT2D eigenvalue weighted by molar-refractivity contribution is -0.140. The number of rotatable bonds is 3. The number of hydrogen-bond acceptors (Lipinski definition) is 3. The Hall–Kier alpha value is -1.19. The lowest BCUT2D eigenvalue weighted by atomic mass is 9.80. The van der Waals surface area contributed by atoms with Gasteiger partial charge in [0.25, 0.3) is 0 Å². The third kappa shape index (κ3) is 3.64. The number of nitrogens with zero attached hydrogens (tertiary/aromatic N) is 1. The van der Waals surface area contributed by atoms with Crippen LogP contribution in [0.15, 0.2) is 0 Å². The maximum absolute atomic E-state index is 12.2. The molecule has 0 aromatic heterocycles. The van der Waals surface area contributed by atoms with Crippen molar-refractivity contribution in [1.82, 2.24) is 4.90 Å². The SMILES string of the molecule is CC(C)(C)C(=O)CCN1C(=O)CC(C(C)(C)C)C1=O. The van der Waals surface area contributed by atoms with Crippen molar-refractivity contribution in [3.8, 4) is 0 Å². The molecular weight excluding hydrogens is 242 g/mol. The minimum atomic E-state index is -0.421. The fraction of sp³-hybridized carbons (Fsp3) is 0.800. The van der Waals surface area contributed by atoms with Crippen LogP contribution in [0.3, 0.4) is 0 Å². The maximum atomic E-state index is 12.2. The summed E-state index contributed by atoms with van der Waals surface area (Å²) in [6, 6.07) is 0. The summed E-state index contributed by atoms with van der Waals surface area (Å²) in [6.45, 7) is 11.7.